The molecule has 2 aromatic carbocycles. The molecule has 3 N–H and O–H groups in total. The van der Waals surface area contributed by atoms with Gasteiger partial charge in [0.05, 0.1) is 15.9 Å². The fraction of sp³-hybridized carbons (Fsp3) is 0. The Morgan fingerprint density at radius 3 is 2.59 bits per heavy atom. The number of hydrogen-bond acceptors (Lipinski definition) is 4. The molecule has 1 aromatic heterocycles. The molecule has 0 atom stereocenters. The van der Waals surface area contributed by atoms with Crippen LogP contribution in [0.2, 0.25) is 0 Å². The lowest BCUT2D eigenvalue weighted by molar-refractivity contribution is 1.44. The molecule has 17 heavy (non-hydrogen) atoms. The second kappa shape index (κ2) is 4.07. The third kappa shape index (κ3) is 1.94. The van der Waals surface area contributed by atoms with E-state index in [4.69, 9.17) is 5.73 Å². The van der Waals surface area contributed by atoms with Crippen LogP contribution < -0.4 is 11.1 Å². The lowest BCUT2D eigenvalue weighted by Gasteiger charge is -1.99. The topological polar surface area (TPSA) is 50.9 Å². The smallest absolute Gasteiger partial charge is 0.188 e. The lowest BCUT2D eigenvalue weighted by atomic mass is 10.3. The molecule has 3 rings (SSSR count). The minimum atomic E-state index is 0.779. The maximum absolute atomic E-state index is 5.91. The minimum Gasteiger partial charge on any atom is -0.398 e. The van der Waals surface area contributed by atoms with Gasteiger partial charge in [-0.2, -0.15) is 0 Å². The van der Waals surface area contributed by atoms with Gasteiger partial charge in [-0.3, -0.25) is 0 Å². The van der Waals surface area contributed by atoms with Gasteiger partial charge in [-0.1, -0.05) is 35.6 Å². The molecule has 0 saturated heterocycles. The van der Waals surface area contributed by atoms with Crippen LogP contribution in [0.25, 0.3) is 10.2 Å². The van der Waals surface area contributed by atoms with E-state index in [1.807, 2.05) is 48.5 Å². The second-order valence-electron chi connectivity index (χ2n) is 3.71. The summed E-state index contributed by atoms with van der Waals surface area (Å²) in [7, 11) is 0. The summed E-state index contributed by atoms with van der Waals surface area (Å²) in [5.41, 5.74) is 8.66. The van der Waals surface area contributed by atoms with Crippen molar-refractivity contribution in [2.75, 3.05) is 11.1 Å². The summed E-state index contributed by atoms with van der Waals surface area (Å²) in [5.74, 6) is 0. The van der Waals surface area contributed by atoms with E-state index in [1.165, 1.54) is 0 Å². The number of fused-ring (bicyclic) bond motifs is 1. The van der Waals surface area contributed by atoms with Crippen molar-refractivity contribution < 1.29 is 0 Å². The normalized spacial score (nSPS) is 10.6. The van der Waals surface area contributed by atoms with Crippen molar-refractivity contribution in [1.29, 1.82) is 0 Å². The SMILES string of the molecule is Nc1cccc2nc(Nc3ccccc3)sc12. The van der Waals surface area contributed by atoms with E-state index in [-0.39, 0.29) is 0 Å². The summed E-state index contributed by atoms with van der Waals surface area (Å²) in [6.07, 6.45) is 0. The van der Waals surface area contributed by atoms with Crippen molar-refractivity contribution in [3.8, 4) is 0 Å². The minimum absolute atomic E-state index is 0.779. The van der Waals surface area contributed by atoms with Crippen molar-refractivity contribution in [2.24, 2.45) is 0 Å². The van der Waals surface area contributed by atoms with E-state index in [0.717, 1.165) is 26.7 Å². The van der Waals surface area contributed by atoms with Crippen molar-refractivity contribution >= 4 is 38.1 Å². The molecule has 0 radical (unpaired) electrons. The predicted molar refractivity (Wildman–Crippen MR) is 73.8 cm³/mol. The highest BCUT2D eigenvalue weighted by Gasteiger charge is 2.05. The van der Waals surface area contributed by atoms with E-state index in [9.17, 15) is 0 Å². The standard InChI is InChI=1S/C13H11N3S/c14-10-7-4-8-11-12(10)17-13(16-11)15-9-5-2-1-3-6-9/h1-8H,14H2,(H,15,16). The molecule has 0 saturated carbocycles. The molecular weight excluding hydrogens is 230 g/mol. The maximum atomic E-state index is 5.91. The Hall–Kier alpha value is -2.07. The maximum Gasteiger partial charge on any atom is 0.188 e. The Morgan fingerprint density at radius 1 is 1.00 bits per heavy atom. The Bertz CT molecular complexity index is 646. The monoisotopic (exact) mass is 241 g/mol. The number of aromatic nitrogens is 1. The quantitative estimate of drug-likeness (QED) is 0.674. The van der Waals surface area contributed by atoms with Crippen LogP contribution in [0.3, 0.4) is 0 Å². The van der Waals surface area contributed by atoms with Crippen LogP contribution in [0, 0.1) is 0 Å². The number of thiazole rings is 1. The summed E-state index contributed by atoms with van der Waals surface area (Å²) >= 11 is 1.57. The number of nitrogens with zero attached hydrogens (tertiary/aromatic N) is 1. The van der Waals surface area contributed by atoms with Gasteiger partial charge in [0.1, 0.15) is 0 Å². The second-order valence-corrected chi connectivity index (χ2v) is 4.70. The molecule has 84 valence electrons. The first kappa shape index (κ1) is 10.1. The van der Waals surface area contributed by atoms with Crippen LogP contribution in [0.5, 0.6) is 0 Å². The van der Waals surface area contributed by atoms with Crippen LogP contribution in [0.4, 0.5) is 16.5 Å². The van der Waals surface area contributed by atoms with E-state index in [1.54, 1.807) is 11.3 Å². The average Bonchev–Trinajstić information content (AvgIpc) is 2.74. The summed E-state index contributed by atoms with van der Waals surface area (Å²) < 4.78 is 1.03. The molecular formula is C13H11N3S. The van der Waals surface area contributed by atoms with Gasteiger partial charge >= 0.3 is 0 Å². The number of nitrogens with one attached hydrogen (secondary N) is 1. The highest BCUT2D eigenvalue weighted by atomic mass is 32.1. The molecule has 0 spiro atoms. The number of rotatable bonds is 2. The lowest BCUT2D eigenvalue weighted by Crippen LogP contribution is -1.87. The van der Waals surface area contributed by atoms with Gasteiger partial charge in [0.25, 0.3) is 0 Å². The van der Waals surface area contributed by atoms with Crippen molar-refractivity contribution in [1.82, 2.24) is 4.98 Å². The van der Waals surface area contributed by atoms with Gasteiger partial charge in [0.15, 0.2) is 5.13 Å². The van der Waals surface area contributed by atoms with Gasteiger partial charge in [0, 0.05) is 5.69 Å². The fourth-order valence-corrected chi connectivity index (χ4v) is 2.58. The van der Waals surface area contributed by atoms with Crippen LogP contribution in [0.1, 0.15) is 0 Å². The molecule has 0 fully saturated rings. The first-order chi connectivity index (χ1) is 8.33. The van der Waals surface area contributed by atoms with Gasteiger partial charge in [-0.05, 0) is 24.3 Å². The zero-order chi connectivity index (χ0) is 11.7. The first-order valence-corrected chi connectivity index (χ1v) is 6.12. The largest absolute Gasteiger partial charge is 0.398 e. The Balaban J connectivity index is 1.99. The Kier molecular flexibility index (Phi) is 2.42. The van der Waals surface area contributed by atoms with Crippen LogP contribution in [-0.2, 0) is 0 Å². The molecule has 0 aliphatic carbocycles. The van der Waals surface area contributed by atoms with E-state index >= 15 is 0 Å². The Morgan fingerprint density at radius 2 is 1.82 bits per heavy atom. The third-order valence-electron chi connectivity index (χ3n) is 2.47. The third-order valence-corrected chi connectivity index (χ3v) is 3.51. The molecule has 0 unspecified atom stereocenters. The highest BCUT2D eigenvalue weighted by molar-refractivity contribution is 7.22. The van der Waals surface area contributed by atoms with E-state index in [2.05, 4.69) is 10.3 Å². The summed E-state index contributed by atoms with van der Waals surface area (Å²) in [5, 5.41) is 4.14. The first-order valence-electron chi connectivity index (χ1n) is 5.30. The molecule has 4 heteroatoms. The Labute approximate surface area is 103 Å². The number of anilines is 3. The van der Waals surface area contributed by atoms with Crippen molar-refractivity contribution in [2.45, 2.75) is 0 Å². The van der Waals surface area contributed by atoms with Crippen molar-refractivity contribution in [3.63, 3.8) is 0 Å². The number of para-hydroxylation sites is 1. The zero-order valence-electron chi connectivity index (χ0n) is 9.05. The summed E-state index contributed by atoms with van der Waals surface area (Å²) in [6.45, 7) is 0. The molecule has 0 aliphatic heterocycles. The van der Waals surface area contributed by atoms with Crippen LogP contribution >= 0.6 is 11.3 Å². The van der Waals surface area contributed by atoms with Gasteiger partial charge in [-0.25, -0.2) is 4.98 Å². The number of benzene rings is 2. The highest BCUT2D eigenvalue weighted by Crippen LogP contribution is 2.31. The zero-order valence-corrected chi connectivity index (χ0v) is 9.87. The summed E-state index contributed by atoms with van der Waals surface area (Å²) in [4.78, 5) is 4.50. The van der Waals surface area contributed by atoms with E-state index in [0.29, 0.717) is 0 Å². The van der Waals surface area contributed by atoms with E-state index < -0.39 is 0 Å². The molecule has 0 aliphatic rings. The van der Waals surface area contributed by atoms with Gasteiger partial charge in [0.2, 0.25) is 0 Å². The number of hydrogen-bond donors (Lipinski definition) is 2. The number of nitrogen functional groups attached to an aromatic ring is 1. The van der Waals surface area contributed by atoms with Crippen molar-refractivity contribution in [3.05, 3.63) is 48.5 Å². The average molecular weight is 241 g/mol. The van der Waals surface area contributed by atoms with Crippen LogP contribution in [-0.4, -0.2) is 4.98 Å². The predicted octanol–water partition coefficient (Wildman–Crippen LogP) is 3.62. The number of nitrogens with two attached hydrogens (primary N) is 1. The molecule has 3 nitrogen and oxygen atoms in total. The molecule has 0 amide bonds. The molecule has 0 bridgehead atoms. The van der Waals surface area contributed by atoms with Crippen LogP contribution in [0.15, 0.2) is 48.5 Å². The fourth-order valence-electron chi connectivity index (χ4n) is 1.67. The molecule has 1 heterocycles. The van der Waals surface area contributed by atoms with Gasteiger partial charge in [-0.15, -0.1) is 0 Å². The van der Waals surface area contributed by atoms with Gasteiger partial charge < -0.3 is 11.1 Å². The molecule has 3 aromatic rings. The summed E-state index contributed by atoms with van der Waals surface area (Å²) in [6, 6.07) is 15.8.